The van der Waals surface area contributed by atoms with E-state index in [4.69, 9.17) is 4.74 Å². The molecule has 0 aromatic heterocycles. The molecular formula is C17H23FO2. The molecule has 1 aromatic carbocycles. The van der Waals surface area contributed by atoms with E-state index in [0.717, 1.165) is 30.4 Å². The normalized spacial score (nSPS) is 34.5. The summed E-state index contributed by atoms with van der Waals surface area (Å²) in [6, 6.07) is 3.27. The lowest BCUT2D eigenvalue weighted by Gasteiger charge is -2.48. The van der Waals surface area contributed by atoms with Gasteiger partial charge in [-0.1, -0.05) is 27.2 Å². The van der Waals surface area contributed by atoms with Crippen LogP contribution in [0.25, 0.3) is 0 Å². The minimum Gasteiger partial charge on any atom is -0.494 e. The molecule has 1 saturated carbocycles. The molecule has 110 valence electrons. The third-order valence-corrected chi connectivity index (χ3v) is 5.62. The third-order valence-electron chi connectivity index (χ3n) is 5.62. The van der Waals surface area contributed by atoms with Gasteiger partial charge in [-0.2, -0.15) is 0 Å². The van der Waals surface area contributed by atoms with Crippen molar-refractivity contribution in [3.8, 4) is 5.75 Å². The Kier molecular flexibility index (Phi) is 2.91. The van der Waals surface area contributed by atoms with E-state index >= 15 is 0 Å². The molecule has 1 fully saturated rings. The molecule has 0 spiro atoms. The molecule has 0 heterocycles. The van der Waals surface area contributed by atoms with Gasteiger partial charge in [-0.15, -0.1) is 0 Å². The quantitative estimate of drug-likeness (QED) is 0.842. The maximum Gasteiger partial charge on any atom is 0.165 e. The first-order valence-electron chi connectivity index (χ1n) is 7.37. The van der Waals surface area contributed by atoms with Gasteiger partial charge in [0.05, 0.1) is 13.2 Å². The number of rotatable bonds is 1. The summed E-state index contributed by atoms with van der Waals surface area (Å²) in [5.74, 6) is 0.0387. The van der Waals surface area contributed by atoms with Crippen LogP contribution in [0.5, 0.6) is 5.75 Å². The second kappa shape index (κ2) is 4.20. The molecule has 0 aliphatic heterocycles. The SMILES string of the molecule is COc1cc2c(cc1F)[C@H](O)[C@H]1C(C)(C)CCC[C@@]21C. The van der Waals surface area contributed by atoms with E-state index < -0.39 is 6.10 Å². The van der Waals surface area contributed by atoms with Crippen LogP contribution in [0.4, 0.5) is 4.39 Å². The Morgan fingerprint density at radius 2 is 1.95 bits per heavy atom. The molecule has 0 amide bonds. The molecule has 20 heavy (non-hydrogen) atoms. The van der Waals surface area contributed by atoms with Crippen molar-refractivity contribution in [2.45, 2.75) is 51.6 Å². The lowest BCUT2D eigenvalue weighted by atomic mass is 9.56. The molecule has 0 unspecified atom stereocenters. The van der Waals surface area contributed by atoms with Crippen molar-refractivity contribution < 1.29 is 14.2 Å². The highest BCUT2D eigenvalue weighted by atomic mass is 19.1. The molecule has 3 atom stereocenters. The first-order chi connectivity index (χ1) is 9.31. The predicted octanol–water partition coefficient (Wildman–Crippen LogP) is 3.97. The molecule has 0 radical (unpaired) electrons. The summed E-state index contributed by atoms with van der Waals surface area (Å²) in [6.07, 6.45) is 2.72. The van der Waals surface area contributed by atoms with Crippen LogP contribution in [0.15, 0.2) is 12.1 Å². The predicted molar refractivity (Wildman–Crippen MR) is 76.4 cm³/mol. The van der Waals surface area contributed by atoms with Crippen LogP contribution in [-0.4, -0.2) is 12.2 Å². The number of hydrogen-bond donors (Lipinski definition) is 1. The number of halogens is 1. The minimum atomic E-state index is -0.578. The van der Waals surface area contributed by atoms with Crippen molar-refractivity contribution in [2.75, 3.05) is 7.11 Å². The number of hydrogen-bond acceptors (Lipinski definition) is 2. The second-order valence-electron chi connectivity index (χ2n) is 7.26. The molecule has 0 bridgehead atoms. The summed E-state index contributed by atoms with van der Waals surface area (Å²) in [5.41, 5.74) is 1.80. The third kappa shape index (κ3) is 1.65. The zero-order valence-corrected chi connectivity index (χ0v) is 12.7. The molecule has 2 aliphatic rings. The monoisotopic (exact) mass is 278 g/mol. The van der Waals surface area contributed by atoms with Crippen molar-refractivity contribution in [1.29, 1.82) is 0 Å². The number of aliphatic hydroxyl groups excluding tert-OH is 1. The maximum atomic E-state index is 14.0. The van der Waals surface area contributed by atoms with Gasteiger partial charge in [0, 0.05) is 5.92 Å². The first kappa shape index (κ1) is 13.9. The zero-order chi connectivity index (χ0) is 14.7. The fourth-order valence-corrected chi connectivity index (χ4v) is 4.81. The zero-order valence-electron chi connectivity index (χ0n) is 12.7. The second-order valence-corrected chi connectivity index (χ2v) is 7.26. The van der Waals surface area contributed by atoms with Gasteiger partial charge in [-0.05, 0) is 46.9 Å². The van der Waals surface area contributed by atoms with Crippen molar-refractivity contribution in [3.63, 3.8) is 0 Å². The van der Waals surface area contributed by atoms with Crippen molar-refractivity contribution in [2.24, 2.45) is 11.3 Å². The topological polar surface area (TPSA) is 29.5 Å². The van der Waals surface area contributed by atoms with Crippen LogP contribution < -0.4 is 4.74 Å². The van der Waals surface area contributed by atoms with Crippen LogP contribution in [0.1, 0.15) is 57.3 Å². The van der Waals surface area contributed by atoms with Crippen LogP contribution in [0.2, 0.25) is 0 Å². The van der Waals surface area contributed by atoms with E-state index in [-0.39, 0.29) is 28.3 Å². The van der Waals surface area contributed by atoms with Crippen molar-refractivity contribution >= 4 is 0 Å². The Morgan fingerprint density at radius 3 is 2.60 bits per heavy atom. The standard InChI is InChI=1S/C17H23FO2/c1-16(2)6-5-7-17(3)11-9-13(20-4)12(18)8-10(11)14(19)15(16)17/h8-9,14-15,19H,5-7H2,1-4H3/t14-,15-,17-/m0/s1. The number of ether oxygens (including phenoxy) is 1. The highest BCUT2D eigenvalue weighted by Gasteiger charge is 2.56. The van der Waals surface area contributed by atoms with E-state index in [1.165, 1.54) is 13.2 Å². The number of fused-ring (bicyclic) bond motifs is 3. The van der Waals surface area contributed by atoms with E-state index in [1.807, 2.05) is 0 Å². The van der Waals surface area contributed by atoms with Crippen molar-refractivity contribution in [3.05, 3.63) is 29.1 Å². The van der Waals surface area contributed by atoms with Crippen LogP contribution >= 0.6 is 0 Å². The number of methoxy groups -OCH3 is 1. The Morgan fingerprint density at radius 1 is 1.25 bits per heavy atom. The van der Waals surface area contributed by atoms with E-state index in [1.54, 1.807) is 6.07 Å². The molecule has 3 heteroatoms. The Labute approximate surface area is 120 Å². The average Bonchev–Trinajstić information content (AvgIpc) is 2.57. The molecule has 1 aromatic rings. The van der Waals surface area contributed by atoms with Gasteiger partial charge in [-0.25, -0.2) is 4.39 Å². The molecule has 2 nitrogen and oxygen atoms in total. The summed E-state index contributed by atoms with van der Waals surface area (Å²) < 4.78 is 19.1. The van der Waals surface area contributed by atoms with Gasteiger partial charge < -0.3 is 9.84 Å². The highest BCUT2D eigenvalue weighted by molar-refractivity contribution is 5.48. The fourth-order valence-electron chi connectivity index (χ4n) is 4.81. The van der Waals surface area contributed by atoms with Crippen LogP contribution in [0, 0.1) is 17.2 Å². The van der Waals surface area contributed by atoms with Crippen molar-refractivity contribution in [1.82, 2.24) is 0 Å². The lowest BCUT2D eigenvalue weighted by Crippen LogP contribution is -2.43. The Bertz CT molecular complexity index is 552. The van der Waals surface area contributed by atoms with Gasteiger partial charge in [0.1, 0.15) is 0 Å². The minimum absolute atomic E-state index is 0.0646. The number of benzene rings is 1. The Hall–Kier alpha value is -1.09. The molecule has 3 rings (SSSR count). The van der Waals surface area contributed by atoms with Gasteiger partial charge in [-0.3, -0.25) is 0 Å². The summed E-state index contributed by atoms with van der Waals surface area (Å²) in [7, 11) is 1.49. The smallest absolute Gasteiger partial charge is 0.165 e. The summed E-state index contributed by atoms with van der Waals surface area (Å²) in [5, 5.41) is 10.8. The maximum absolute atomic E-state index is 14.0. The summed E-state index contributed by atoms with van der Waals surface area (Å²) in [4.78, 5) is 0. The lowest BCUT2D eigenvalue weighted by molar-refractivity contribution is -0.0272. The molecule has 0 saturated heterocycles. The Balaban J connectivity index is 2.20. The number of aliphatic hydroxyl groups is 1. The van der Waals surface area contributed by atoms with Gasteiger partial charge in [0.25, 0.3) is 0 Å². The largest absolute Gasteiger partial charge is 0.494 e. The average molecular weight is 278 g/mol. The van der Waals surface area contributed by atoms with E-state index in [0.29, 0.717) is 0 Å². The molecule has 1 N–H and O–H groups in total. The van der Waals surface area contributed by atoms with Crippen LogP contribution in [0.3, 0.4) is 0 Å². The van der Waals surface area contributed by atoms with Gasteiger partial charge >= 0.3 is 0 Å². The van der Waals surface area contributed by atoms with E-state index in [2.05, 4.69) is 20.8 Å². The fraction of sp³-hybridized carbons (Fsp3) is 0.647. The van der Waals surface area contributed by atoms with Gasteiger partial charge in [0.15, 0.2) is 11.6 Å². The summed E-state index contributed by atoms with van der Waals surface area (Å²) >= 11 is 0. The van der Waals surface area contributed by atoms with Gasteiger partial charge in [0.2, 0.25) is 0 Å². The van der Waals surface area contributed by atoms with E-state index in [9.17, 15) is 9.50 Å². The van der Waals surface area contributed by atoms with Crippen LogP contribution in [-0.2, 0) is 5.41 Å². The molecule has 2 aliphatic carbocycles. The highest BCUT2D eigenvalue weighted by Crippen LogP contribution is 2.62. The molecular weight excluding hydrogens is 255 g/mol. The first-order valence-corrected chi connectivity index (χ1v) is 7.37. The summed E-state index contributed by atoms with van der Waals surface area (Å²) in [6.45, 7) is 6.65.